The van der Waals surface area contributed by atoms with E-state index in [1.165, 1.54) is 30.4 Å². The highest BCUT2D eigenvalue weighted by molar-refractivity contribution is 5.38. The van der Waals surface area contributed by atoms with E-state index in [4.69, 9.17) is 10.6 Å². The zero-order valence-electron chi connectivity index (χ0n) is 12.1. The number of methoxy groups -OCH3 is 1. The molecule has 1 aliphatic rings. The molecule has 21 heavy (non-hydrogen) atoms. The van der Waals surface area contributed by atoms with Gasteiger partial charge in [-0.3, -0.25) is 5.84 Å². The molecule has 1 aromatic carbocycles. The van der Waals surface area contributed by atoms with E-state index in [-0.39, 0.29) is 6.04 Å². The van der Waals surface area contributed by atoms with Gasteiger partial charge in [-0.1, -0.05) is 30.7 Å². The zero-order valence-corrected chi connectivity index (χ0v) is 12.1. The van der Waals surface area contributed by atoms with Crippen LogP contribution in [0, 0.1) is 0 Å². The molecule has 0 radical (unpaired) electrons. The Morgan fingerprint density at radius 1 is 1.19 bits per heavy atom. The van der Waals surface area contributed by atoms with Crippen molar-refractivity contribution >= 4 is 0 Å². The fraction of sp³-hybridized carbons (Fsp3) is 0.375. The molecule has 0 spiro atoms. The number of aromatic nitrogens is 2. The summed E-state index contributed by atoms with van der Waals surface area (Å²) in [6, 6.07) is 12.0. The van der Waals surface area contributed by atoms with Crippen LogP contribution in [0.4, 0.5) is 0 Å². The van der Waals surface area contributed by atoms with E-state index in [2.05, 4.69) is 33.8 Å². The van der Waals surface area contributed by atoms with Crippen molar-refractivity contribution in [2.24, 2.45) is 5.84 Å². The van der Waals surface area contributed by atoms with Gasteiger partial charge in [0.1, 0.15) is 0 Å². The van der Waals surface area contributed by atoms with Gasteiger partial charge in [-0.2, -0.15) is 0 Å². The van der Waals surface area contributed by atoms with Crippen LogP contribution in [0.1, 0.15) is 48.0 Å². The first-order valence-corrected chi connectivity index (χ1v) is 7.26. The minimum absolute atomic E-state index is 0.153. The van der Waals surface area contributed by atoms with E-state index in [1.54, 1.807) is 13.2 Å². The third-order valence-electron chi connectivity index (χ3n) is 4.18. The second kappa shape index (κ2) is 6.20. The molecule has 0 aliphatic heterocycles. The van der Waals surface area contributed by atoms with Gasteiger partial charge in [0.25, 0.3) is 0 Å². The third kappa shape index (κ3) is 2.75. The van der Waals surface area contributed by atoms with Crippen molar-refractivity contribution < 1.29 is 4.74 Å². The quantitative estimate of drug-likeness (QED) is 0.651. The van der Waals surface area contributed by atoms with Crippen LogP contribution in [0.2, 0.25) is 0 Å². The maximum absolute atomic E-state index is 5.79. The molecular formula is C16H20N4O. The van der Waals surface area contributed by atoms with Crippen molar-refractivity contribution in [2.75, 3.05) is 7.11 Å². The number of rotatable bonds is 5. The van der Waals surface area contributed by atoms with Crippen molar-refractivity contribution in [2.45, 2.75) is 31.2 Å². The monoisotopic (exact) mass is 284 g/mol. The maximum Gasteiger partial charge on any atom is 0.233 e. The average Bonchev–Trinajstić information content (AvgIpc) is 2.49. The summed E-state index contributed by atoms with van der Waals surface area (Å²) >= 11 is 0. The lowest BCUT2D eigenvalue weighted by atomic mass is 9.77. The van der Waals surface area contributed by atoms with Gasteiger partial charge >= 0.3 is 0 Å². The molecule has 0 saturated heterocycles. The summed E-state index contributed by atoms with van der Waals surface area (Å²) in [4.78, 5) is 0. The van der Waals surface area contributed by atoms with E-state index in [1.807, 2.05) is 12.1 Å². The Morgan fingerprint density at radius 2 is 2.00 bits per heavy atom. The van der Waals surface area contributed by atoms with Gasteiger partial charge in [0, 0.05) is 6.07 Å². The zero-order chi connectivity index (χ0) is 14.7. The topological polar surface area (TPSA) is 73.1 Å². The lowest BCUT2D eigenvalue weighted by molar-refractivity contribution is 0.389. The first-order valence-electron chi connectivity index (χ1n) is 7.26. The summed E-state index contributed by atoms with van der Waals surface area (Å²) in [5.41, 5.74) is 6.22. The second-order valence-corrected chi connectivity index (χ2v) is 5.36. The Kier molecular flexibility index (Phi) is 4.13. The van der Waals surface area contributed by atoms with E-state index in [0.717, 1.165) is 5.69 Å². The fourth-order valence-electron chi connectivity index (χ4n) is 2.79. The number of ether oxygens (including phenoxy) is 1. The Hall–Kier alpha value is -1.98. The fourth-order valence-corrected chi connectivity index (χ4v) is 2.79. The van der Waals surface area contributed by atoms with Gasteiger partial charge in [-0.05, 0) is 36.0 Å². The SMILES string of the molecule is COc1ccc(C(NN)c2ccccc2C2CCC2)nn1. The molecule has 3 N–H and O–H groups in total. The predicted octanol–water partition coefficient (Wildman–Crippen LogP) is 2.31. The smallest absolute Gasteiger partial charge is 0.233 e. The molecule has 1 atom stereocenters. The van der Waals surface area contributed by atoms with Crippen molar-refractivity contribution in [1.82, 2.24) is 15.6 Å². The number of nitrogens with zero attached hydrogens (tertiary/aromatic N) is 2. The van der Waals surface area contributed by atoms with Crippen molar-refractivity contribution in [3.05, 3.63) is 53.2 Å². The maximum atomic E-state index is 5.79. The van der Waals surface area contributed by atoms with Crippen LogP contribution < -0.4 is 16.0 Å². The van der Waals surface area contributed by atoms with Crippen LogP contribution in [0.3, 0.4) is 0 Å². The molecule has 2 aromatic rings. The summed E-state index contributed by atoms with van der Waals surface area (Å²) in [5, 5.41) is 8.26. The van der Waals surface area contributed by atoms with Gasteiger partial charge < -0.3 is 4.74 Å². The average molecular weight is 284 g/mol. The highest BCUT2D eigenvalue weighted by Crippen LogP contribution is 2.40. The molecule has 3 rings (SSSR count). The van der Waals surface area contributed by atoms with E-state index in [9.17, 15) is 0 Å². The van der Waals surface area contributed by atoms with Gasteiger partial charge in [-0.25, -0.2) is 5.43 Å². The van der Waals surface area contributed by atoms with Gasteiger partial charge in [0.15, 0.2) is 0 Å². The normalized spacial score (nSPS) is 16.3. The molecule has 110 valence electrons. The Morgan fingerprint density at radius 3 is 2.57 bits per heavy atom. The molecule has 5 heteroatoms. The number of hydrazine groups is 1. The van der Waals surface area contributed by atoms with Crippen LogP contribution in [-0.2, 0) is 0 Å². The number of hydrogen-bond acceptors (Lipinski definition) is 5. The lowest BCUT2D eigenvalue weighted by Gasteiger charge is -2.30. The summed E-state index contributed by atoms with van der Waals surface area (Å²) in [7, 11) is 1.58. The first-order chi connectivity index (χ1) is 10.3. The van der Waals surface area contributed by atoms with Crippen molar-refractivity contribution in [1.29, 1.82) is 0 Å². The number of nitrogens with two attached hydrogens (primary N) is 1. The molecule has 1 unspecified atom stereocenters. The largest absolute Gasteiger partial charge is 0.480 e. The summed E-state index contributed by atoms with van der Waals surface area (Å²) < 4.78 is 5.05. The predicted molar refractivity (Wildman–Crippen MR) is 80.8 cm³/mol. The molecule has 0 amide bonds. The molecule has 1 heterocycles. The number of hydrogen-bond donors (Lipinski definition) is 2. The summed E-state index contributed by atoms with van der Waals surface area (Å²) in [6.45, 7) is 0. The van der Waals surface area contributed by atoms with Crippen molar-refractivity contribution in [3.8, 4) is 5.88 Å². The third-order valence-corrected chi connectivity index (χ3v) is 4.18. The van der Waals surface area contributed by atoms with Gasteiger partial charge in [-0.15, -0.1) is 10.2 Å². The van der Waals surface area contributed by atoms with Crippen LogP contribution in [0.15, 0.2) is 36.4 Å². The van der Waals surface area contributed by atoms with E-state index >= 15 is 0 Å². The molecule has 1 aliphatic carbocycles. The van der Waals surface area contributed by atoms with Crippen LogP contribution in [0.25, 0.3) is 0 Å². The minimum Gasteiger partial charge on any atom is -0.480 e. The van der Waals surface area contributed by atoms with Gasteiger partial charge in [0.05, 0.1) is 18.8 Å². The first kappa shape index (κ1) is 14.0. The molecule has 0 bridgehead atoms. The Bertz CT molecular complexity index is 595. The van der Waals surface area contributed by atoms with Gasteiger partial charge in [0.2, 0.25) is 5.88 Å². The molecule has 1 saturated carbocycles. The van der Waals surface area contributed by atoms with Crippen LogP contribution >= 0.6 is 0 Å². The minimum atomic E-state index is -0.153. The molecule has 1 fully saturated rings. The molecular weight excluding hydrogens is 264 g/mol. The second-order valence-electron chi connectivity index (χ2n) is 5.36. The summed E-state index contributed by atoms with van der Waals surface area (Å²) in [5.74, 6) is 6.93. The Balaban J connectivity index is 1.95. The lowest BCUT2D eigenvalue weighted by Crippen LogP contribution is -2.31. The molecule has 1 aromatic heterocycles. The van der Waals surface area contributed by atoms with Crippen molar-refractivity contribution in [3.63, 3.8) is 0 Å². The van der Waals surface area contributed by atoms with E-state index in [0.29, 0.717) is 11.8 Å². The highest BCUT2D eigenvalue weighted by Gasteiger charge is 2.26. The highest BCUT2D eigenvalue weighted by atomic mass is 16.5. The summed E-state index contributed by atoms with van der Waals surface area (Å²) in [6.07, 6.45) is 3.81. The Labute approximate surface area is 124 Å². The molecule has 5 nitrogen and oxygen atoms in total. The van der Waals surface area contributed by atoms with Crippen LogP contribution in [0.5, 0.6) is 5.88 Å². The van der Waals surface area contributed by atoms with Crippen LogP contribution in [-0.4, -0.2) is 17.3 Å². The number of nitrogens with one attached hydrogen (secondary N) is 1. The number of benzene rings is 1. The van der Waals surface area contributed by atoms with E-state index < -0.39 is 0 Å². The standard InChI is InChI=1S/C16H20N4O/c1-21-15-10-9-14(19-20-15)16(18-17)13-8-3-2-7-12(13)11-5-4-6-11/h2-3,7-11,16,18H,4-6,17H2,1H3.